The van der Waals surface area contributed by atoms with Crippen molar-refractivity contribution in [1.29, 1.82) is 0 Å². The predicted molar refractivity (Wildman–Crippen MR) is 134 cm³/mol. The van der Waals surface area contributed by atoms with Gasteiger partial charge in [0.05, 0.1) is 24.8 Å². The molecule has 0 aliphatic carbocycles. The number of hydrogen-bond acceptors (Lipinski definition) is 6. The molecule has 2 heterocycles. The van der Waals surface area contributed by atoms with Gasteiger partial charge in [-0.1, -0.05) is 24.3 Å². The molecule has 1 fully saturated rings. The summed E-state index contributed by atoms with van der Waals surface area (Å²) in [5.41, 5.74) is 0.284. The highest BCUT2D eigenvalue weighted by Crippen LogP contribution is 2.20. The van der Waals surface area contributed by atoms with Gasteiger partial charge >= 0.3 is 11.7 Å². The minimum Gasteiger partial charge on any atom is -0.466 e. The first-order valence-electron chi connectivity index (χ1n) is 12.2. The fourth-order valence-corrected chi connectivity index (χ4v) is 4.34. The van der Waals surface area contributed by atoms with Gasteiger partial charge in [-0.25, -0.2) is 9.18 Å². The number of halogens is 1. The second kappa shape index (κ2) is 10.9. The van der Waals surface area contributed by atoms with Crippen molar-refractivity contribution in [2.75, 3.05) is 19.7 Å². The summed E-state index contributed by atoms with van der Waals surface area (Å²) in [6.07, 6.45) is 0.787. The third kappa shape index (κ3) is 5.37. The summed E-state index contributed by atoms with van der Waals surface area (Å²) in [4.78, 5) is 53.8. The van der Waals surface area contributed by atoms with E-state index in [1.807, 2.05) is 19.9 Å². The molecule has 0 atom stereocenters. The fourth-order valence-electron chi connectivity index (χ4n) is 4.34. The Morgan fingerprint density at radius 1 is 1.05 bits per heavy atom. The zero-order chi connectivity index (χ0) is 26.7. The van der Waals surface area contributed by atoms with Crippen LogP contribution in [0.15, 0.2) is 52.1 Å². The molecule has 0 radical (unpaired) electrons. The highest BCUT2D eigenvalue weighted by atomic mass is 19.1. The highest BCUT2D eigenvalue weighted by molar-refractivity contribution is 5.92. The molecule has 4 rings (SSSR count). The maximum absolute atomic E-state index is 14.4. The zero-order valence-electron chi connectivity index (χ0n) is 21.1. The van der Waals surface area contributed by atoms with E-state index in [2.05, 4.69) is 5.10 Å². The molecule has 194 valence electrons. The number of carbonyl (C=O) groups excluding carboxylic acids is 2. The molecular weight excluding hydrogens is 479 g/mol. The van der Waals surface area contributed by atoms with Gasteiger partial charge in [-0.15, -0.1) is 0 Å². The number of esters is 1. The number of aromatic nitrogens is 3. The molecule has 3 aromatic rings. The molecule has 37 heavy (non-hydrogen) atoms. The second-order valence-corrected chi connectivity index (χ2v) is 9.11. The fraction of sp³-hybridized carbons (Fsp3) is 0.370. The van der Waals surface area contributed by atoms with Crippen molar-refractivity contribution in [3.05, 3.63) is 91.5 Å². The Labute approximate surface area is 213 Å². The van der Waals surface area contributed by atoms with Crippen molar-refractivity contribution in [3.63, 3.8) is 0 Å². The van der Waals surface area contributed by atoms with Crippen molar-refractivity contribution in [1.82, 2.24) is 19.2 Å². The SMILES string of the molecule is CCOC(=O)C1CCN(C(=O)c2nn(-c3ccc(C)c(C)c3)c(=O)n(Cc3ccccc3F)c2=O)CC1. The van der Waals surface area contributed by atoms with E-state index in [1.165, 1.54) is 23.1 Å². The van der Waals surface area contributed by atoms with Crippen LogP contribution in [-0.2, 0) is 16.1 Å². The maximum Gasteiger partial charge on any atom is 0.352 e. The Kier molecular flexibility index (Phi) is 7.66. The van der Waals surface area contributed by atoms with Crippen LogP contribution in [0.5, 0.6) is 0 Å². The normalized spacial score (nSPS) is 14.0. The average Bonchev–Trinajstić information content (AvgIpc) is 2.89. The van der Waals surface area contributed by atoms with E-state index in [0.717, 1.165) is 20.4 Å². The number of ether oxygens (including phenoxy) is 1. The van der Waals surface area contributed by atoms with Gasteiger partial charge in [0, 0.05) is 18.7 Å². The Bertz CT molecular complexity index is 1450. The monoisotopic (exact) mass is 508 g/mol. The first-order valence-corrected chi connectivity index (χ1v) is 12.2. The number of hydrogen-bond donors (Lipinski definition) is 0. The van der Waals surface area contributed by atoms with Crippen molar-refractivity contribution in [2.45, 2.75) is 40.2 Å². The van der Waals surface area contributed by atoms with E-state index >= 15 is 0 Å². The molecule has 9 nitrogen and oxygen atoms in total. The summed E-state index contributed by atoms with van der Waals surface area (Å²) in [6, 6.07) is 11.1. The second-order valence-electron chi connectivity index (χ2n) is 9.11. The number of aryl methyl sites for hydroxylation is 2. The van der Waals surface area contributed by atoms with Crippen LogP contribution in [0, 0.1) is 25.6 Å². The summed E-state index contributed by atoms with van der Waals surface area (Å²) in [5.74, 6) is -1.84. The Morgan fingerprint density at radius 2 is 1.76 bits per heavy atom. The van der Waals surface area contributed by atoms with E-state index in [0.29, 0.717) is 18.5 Å². The number of piperidine rings is 1. The summed E-state index contributed by atoms with van der Waals surface area (Å²) < 4.78 is 21.3. The van der Waals surface area contributed by atoms with Crippen LogP contribution < -0.4 is 11.2 Å². The molecule has 0 spiro atoms. The van der Waals surface area contributed by atoms with Crippen LogP contribution in [0.2, 0.25) is 0 Å². The van der Waals surface area contributed by atoms with Crippen LogP contribution in [0.1, 0.15) is 46.9 Å². The maximum atomic E-state index is 14.4. The van der Waals surface area contributed by atoms with Gasteiger partial charge in [-0.05, 0) is 62.9 Å². The van der Waals surface area contributed by atoms with Gasteiger partial charge in [0.25, 0.3) is 11.5 Å². The number of nitrogens with zero attached hydrogens (tertiary/aromatic N) is 4. The molecule has 0 N–H and O–H groups in total. The third-order valence-electron chi connectivity index (χ3n) is 6.69. The molecule has 0 saturated carbocycles. The summed E-state index contributed by atoms with van der Waals surface area (Å²) in [7, 11) is 0. The Balaban J connectivity index is 1.76. The number of carbonyl (C=O) groups is 2. The van der Waals surface area contributed by atoms with E-state index in [-0.39, 0.29) is 43.7 Å². The number of likely N-dealkylation sites (tertiary alicyclic amines) is 1. The van der Waals surface area contributed by atoms with Gasteiger partial charge in [-0.2, -0.15) is 9.78 Å². The van der Waals surface area contributed by atoms with Crippen molar-refractivity contribution < 1.29 is 18.7 Å². The Morgan fingerprint density at radius 3 is 2.41 bits per heavy atom. The standard InChI is InChI=1S/C27H29FN4O5/c1-4-37-26(35)19-11-13-30(14-12-19)24(33)23-25(34)31(16-20-7-5-6-8-22(20)28)27(36)32(29-23)21-10-9-17(2)18(3)15-21/h5-10,15,19H,4,11-14,16H2,1-3H3. The topological polar surface area (TPSA) is 104 Å². The first-order chi connectivity index (χ1) is 17.7. The molecule has 2 aromatic carbocycles. The molecule has 1 amide bonds. The number of rotatable bonds is 6. The lowest BCUT2D eigenvalue weighted by Gasteiger charge is -2.30. The highest BCUT2D eigenvalue weighted by Gasteiger charge is 2.31. The van der Waals surface area contributed by atoms with Crippen LogP contribution >= 0.6 is 0 Å². The molecule has 1 aromatic heterocycles. The molecule has 1 aliphatic rings. The van der Waals surface area contributed by atoms with Gasteiger partial charge in [-0.3, -0.25) is 19.0 Å². The van der Waals surface area contributed by atoms with Crippen molar-refractivity contribution in [2.24, 2.45) is 5.92 Å². The van der Waals surface area contributed by atoms with Gasteiger partial charge in [0.15, 0.2) is 0 Å². The molecule has 0 unspecified atom stereocenters. The summed E-state index contributed by atoms with van der Waals surface area (Å²) >= 11 is 0. The molecule has 0 bridgehead atoms. The number of amides is 1. The lowest BCUT2D eigenvalue weighted by atomic mass is 9.97. The molecule has 1 aliphatic heterocycles. The lowest BCUT2D eigenvalue weighted by Crippen LogP contribution is -2.48. The molecule has 10 heteroatoms. The van der Waals surface area contributed by atoms with E-state index in [4.69, 9.17) is 4.74 Å². The Hall–Kier alpha value is -4.08. The average molecular weight is 509 g/mol. The quantitative estimate of drug-likeness (QED) is 0.474. The lowest BCUT2D eigenvalue weighted by molar-refractivity contribution is -0.149. The van der Waals surface area contributed by atoms with Crippen LogP contribution in [0.25, 0.3) is 5.69 Å². The molecule has 1 saturated heterocycles. The van der Waals surface area contributed by atoms with Crippen molar-refractivity contribution >= 4 is 11.9 Å². The number of benzene rings is 2. The predicted octanol–water partition coefficient (Wildman–Crippen LogP) is 2.61. The van der Waals surface area contributed by atoms with Gasteiger partial charge in [0.2, 0.25) is 5.69 Å². The third-order valence-corrected chi connectivity index (χ3v) is 6.69. The minimum atomic E-state index is -0.897. The van der Waals surface area contributed by atoms with E-state index < -0.39 is 28.7 Å². The van der Waals surface area contributed by atoms with E-state index in [9.17, 15) is 23.6 Å². The van der Waals surface area contributed by atoms with E-state index in [1.54, 1.807) is 25.1 Å². The van der Waals surface area contributed by atoms with Crippen molar-refractivity contribution in [3.8, 4) is 5.69 Å². The molecular formula is C27H29FN4O5. The minimum absolute atomic E-state index is 0.133. The van der Waals surface area contributed by atoms with Crippen LogP contribution in [0.3, 0.4) is 0 Å². The largest absolute Gasteiger partial charge is 0.466 e. The smallest absolute Gasteiger partial charge is 0.352 e. The first kappa shape index (κ1) is 26.0. The zero-order valence-corrected chi connectivity index (χ0v) is 21.1. The summed E-state index contributed by atoms with van der Waals surface area (Å²) in [5, 5.41) is 4.19. The van der Waals surface area contributed by atoms with Gasteiger partial charge < -0.3 is 9.64 Å². The van der Waals surface area contributed by atoms with Gasteiger partial charge in [0.1, 0.15) is 5.82 Å². The van der Waals surface area contributed by atoms with Crippen LogP contribution in [0.4, 0.5) is 4.39 Å². The summed E-state index contributed by atoms with van der Waals surface area (Å²) in [6.45, 7) is 5.92. The van der Waals surface area contributed by atoms with Crippen LogP contribution in [-0.4, -0.2) is 50.8 Å².